The summed E-state index contributed by atoms with van der Waals surface area (Å²) in [6.45, 7) is 6.34. The fraction of sp³-hybridized carbons (Fsp3) is 0.652. The van der Waals surface area contributed by atoms with E-state index < -0.39 is 0 Å². The molecule has 3 N–H and O–H groups in total. The van der Waals surface area contributed by atoms with Gasteiger partial charge in [-0.15, -0.1) is 0 Å². The topological polar surface area (TPSA) is 58.3 Å². The molecule has 3 atom stereocenters. The molecule has 2 aliphatic heterocycles. The van der Waals surface area contributed by atoms with Gasteiger partial charge < -0.3 is 20.0 Å². The molecule has 1 saturated carbocycles. The van der Waals surface area contributed by atoms with Crippen LogP contribution in [-0.2, 0) is 9.59 Å². The predicted octanol–water partition coefficient (Wildman–Crippen LogP) is -0.414. The second-order valence-electron chi connectivity index (χ2n) is 9.34. The minimum Gasteiger partial charge on any atom is -0.327 e. The summed E-state index contributed by atoms with van der Waals surface area (Å²) in [5.74, 6) is 1.62. The zero-order chi connectivity index (χ0) is 20.9. The molecule has 1 aromatic rings. The number of fused-ring (bicyclic) bond motifs is 1. The largest absolute Gasteiger partial charge is 0.327 e. The Balaban J connectivity index is 1.17. The van der Waals surface area contributed by atoms with Crippen LogP contribution in [0.15, 0.2) is 24.3 Å². The van der Waals surface area contributed by atoms with Crippen molar-refractivity contribution in [1.82, 2.24) is 4.90 Å². The molecule has 0 radical (unpaired) electrons. The molecule has 164 valence electrons. The first-order valence-corrected chi connectivity index (χ1v) is 11.6. The zero-order valence-electron chi connectivity index (χ0n) is 17.8. The van der Waals surface area contributed by atoms with Gasteiger partial charge in [0.1, 0.15) is 5.82 Å². The molecule has 3 aliphatic rings. The molecule has 0 bridgehead atoms. The SMILES string of the molecule is O=C(C[NH+]1CCN(C(=O)C[NH+]2CC[C@H]3CCCC[C@@H]3C2)CC1)Nc1ccc(F)cc1. The number of nitrogens with one attached hydrogen (secondary N) is 3. The maximum absolute atomic E-state index is 13.0. The zero-order valence-corrected chi connectivity index (χ0v) is 17.8. The summed E-state index contributed by atoms with van der Waals surface area (Å²) < 4.78 is 13.0. The summed E-state index contributed by atoms with van der Waals surface area (Å²) in [5.41, 5.74) is 0.610. The lowest BCUT2D eigenvalue weighted by Crippen LogP contribution is -3.16. The molecule has 6 nitrogen and oxygen atoms in total. The van der Waals surface area contributed by atoms with Crippen LogP contribution in [0.2, 0.25) is 0 Å². The third kappa shape index (κ3) is 5.58. The number of carbonyl (C=O) groups is 2. The number of piperazine rings is 1. The van der Waals surface area contributed by atoms with Crippen LogP contribution in [0.5, 0.6) is 0 Å². The van der Waals surface area contributed by atoms with E-state index in [4.69, 9.17) is 0 Å². The molecule has 7 heteroatoms. The number of hydrogen-bond donors (Lipinski definition) is 3. The van der Waals surface area contributed by atoms with Gasteiger partial charge in [-0.2, -0.15) is 0 Å². The van der Waals surface area contributed by atoms with E-state index in [0.29, 0.717) is 18.8 Å². The first-order valence-electron chi connectivity index (χ1n) is 11.6. The van der Waals surface area contributed by atoms with Gasteiger partial charge in [-0.3, -0.25) is 9.59 Å². The Morgan fingerprint density at radius 3 is 2.37 bits per heavy atom. The Hall–Kier alpha value is -1.99. The van der Waals surface area contributed by atoms with Crippen LogP contribution >= 0.6 is 0 Å². The molecule has 1 aliphatic carbocycles. The molecule has 2 amide bonds. The van der Waals surface area contributed by atoms with Gasteiger partial charge in [-0.1, -0.05) is 12.8 Å². The Morgan fingerprint density at radius 1 is 0.933 bits per heavy atom. The molecule has 4 rings (SSSR count). The molecule has 1 aromatic carbocycles. The number of halogens is 1. The van der Waals surface area contributed by atoms with Crippen LogP contribution < -0.4 is 15.1 Å². The van der Waals surface area contributed by atoms with Gasteiger partial charge >= 0.3 is 0 Å². The van der Waals surface area contributed by atoms with Gasteiger partial charge in [0.2, 0.25) is 0 Å². The lowest BCUT2D eigenvalue weighted by atomic mass is 9.75. The monoisotopic (exact) mass is 418 g/mol. The second kappa shape index (κ2) is 9.88. The number of likely N-dealkylation sites (tertiary alicyclic amines) is 1. The standard InChI is InChI=1S/C23H33FN4O2/c24-20-5-7-21(8-6-20)25-22(29)16-26-11-13-28(14-12-26)23(30)17-27-10-9-18-3-1-2-4-19(18)15-27/h5-8,18-19H,1-4,9-17H2,(H,25,29)/p+2/t18-,19-/m1/s1. The van der Waals surface area contributed by atoms with E-state index in [0.717, 1.165) is 44.6 Å². The predicted molar refractivity (Wildman–Crippen MR) is 113 cm³/mol. The van der Waals surface area contributed by atoms with Crippen LogP contribution in [0.25, 0.3) is 0 Å². The van der Waals surface area contributed by atoms with Crippen molar-refractivity contribution in [2.75, 3.05) is 57.7 Å². The van der Waals surface area contributed by atoms with Crippen LogP contribution in [0.4, 0.5) is 10.1 Å². The van der Waals surface area contributed by atoms with Gasteiger partial charge in [0.15, 0.2) is 13.1 Å². The second-order valence-corrected chi connectivity index (χ2v) is 9.34. The number of anilines is 1. The van der Waals surface area contributed by atoms with E-state index in [2.05, 4.69) is 5.32 Å². The van der Waals surface area contributed by atoms with E-state index in [1.165, 1.54) is 60.6 Å². The normalized spacial score (nSPS) is 27.4. The van der Waals surface area contributed by atoms with Crippen LogP contribution in [0, 0.1) is 17.7 Å². The molecule has 30 heavy (non-hydrogen) atoms. The van der Waals surface area contributed by atoms with Crippen LogP contribution in [-0.4, -0.2) is 69.1 Å². The number of quaternary nitrogens is 2. The van der Waals surface area contributed by atoms with Crippen molar-refractivity contribution in [2.24, 2.45) is 11.8 Å². The summed E-state index contributed by atoms with van der Waals surface area (Å²) in [4.78, 5) is 29.7. The number of benzene rings is 1. The van der Waals surface area contributed by atoms with E-state index in [-0.39, 0.29) is 17.6 Å². The highest BCUT2D eigenvalue weighted by Gasteiger charge is 2.35. The number of hydrogen-bond acceptors (Lipinski definition) is 2. The average molecular weight is 419 g/mol. The molecule has 2 heterocycles. The van der Waals surface area contributed by atoms with Crippen molar-refractivity contribution >= 4 is 17.5 Å². The highest BCUT2D eigenvalue weighted by Crippen LogP contribution is 2.32. The number of amides is 2. The molecule has 0 spiro atoms. The quantitative estimate of drug-likeness (QED) is 0.609. The first kappa shape index (κ1) is 21.2. The maximum Gasteiger partial charge on any atom is 0.279 e. The Bertz CT molecular complexity index is 733. The van der Waals surface area contributed by atoms with Gasteiger partial charge in [0.25, 0.3) is 11.8 Å². The first-order chi connectivity index (χ1) is 14.6. The molecule has 0 aromatic heterocycles. The Labute approximate surface area is 178 Å². The lowest BCUT2D eigenvalue weighted by molar-refractivity contribution is -0.904. The number of nitrogens with zero attached hydrogens (tertiary/aromatic N) is 1. The highest BCUT2D eigenvalue weighted by molar-refractivity contribution is 5.91. The number of carbonyl (C=O) groups excluding carboxylic acids is 2. The van der Waals surface area contributed by atoms with Gasteiger partial charge in [0, 0.05) is 11.6 Å². The van der Waals surface area contributed by atoms with Gasteiger partial charge in [-0.25, -0.2) is 4.39 Å². The molecular formula is C23H35FN4O2+2. The fourth-order valence-electron chi connectivity index (χ4n) is 5.50. The van der Waals surface area contributed by atoms with Crippen molar-refractivity contribution in [2.45, 2.75) is 32.1 Å². The third-order valence-corrected chi connectivity index (χ3v) is 7.25. The maximum atomic E-state index is 13.0. The summed E-state index contributed by atoms with van der Waals surface area (Å²) in [5, 5.41) is 2.82. The Morgan fingerprint density at radius 2 is 1.63 bits per heavy atom. The molecular weight excluding hydrogens is 383 g/mol. The smallest absolute Gasteiger partial charge is 0.279 e. The van der Waals surface area contributed by atoms with E-state index in [9.17, 15) is 14.0 Å². The minimum absolute atomic E-state index is 0.0730. The minimum atomic E-state index is -0.315. The number of rotatable bonds is 5. The summed E-state index contributed by atoms with van der Waals surface area (Å²) >= 11 is 0. The fourth-order valence-corrected chi connectivity index (χ4v) is 5.50. The third-order valence-electron chi connectivity index (χ3n) is 7.25. The van der Waals surface area contributed by atoms with Crippen molar-refractivity contribution < 1.29 is 23.8 Å². The van der Waals surface area contributed by atoms with Crippen molar-refractivity contribution in [3.8, 4) is 0 Å². The summed E-state index contributed by atoms with van der Waals surface area (Å²) in [7, 11) is 0. The molecule has 1 unspecified atom stereocenters. The van der Waals surface area contributed by atoms with Crippen LogP contribution in [0.1, 0.15) is 32.1 Å². The van der Waals surface area contributed by atoms with Crippen LogP contribution in [0.3, 0.4) is 0 Å². The number of piperidine rings is 1. The van der Waals surface area contributed by atoms with Crippen molar-refractivity contribution in [3.63, 3.8) is 0 Å². The van der Waals surface area contributed by atoms with Crippen molar-refractivity contribution in [1.29, 1.82) is 0 Å². The Kier molecular flexibility index (Phi) is 7.00. The average Bonchev–Trinajstić information content (AvgIpc) is 2.76. The van der Waals surface area contributed by atoms with Gasteiger partial charge in [-0.05, 0) is 49.4 Å². The summed E-state index contributed by atoms with van der Waals surface area (Å²) in [6, 6.07) is 5.81. The molecule has 3 fully saturated rings. The van der Waals surface area contributed by atoms with E-state index >= 15 is 0 Å². The van der Waals surface area contributed by atoms with E-state index in [1.807, 2.05) is 4.90 Å². The van der Waals surface area contributed by atoms with E-state index in [1.54, 1.807) is 12.1 Å². The lowest BCUT2D eigenvalue weighted by Gasteiger charge is -2.39. The van der Waals surface area contributed by atoms with Crippen molar-refractivity contribution in [3.05, 3.63) is 30.1 Å². The molecule has 2 saturated heterocycles. The summed E-state index contributed by atoms with van der Waals surface area (Å²) in [6.07, 6.45) is 6.79. The van der Waals surface area contributed by atoms with Gasteiger partial charge in [0.05, 0.1) is 39.3 Å². The highest BCUT2D eigenvalue weighted by atomic mass is 19.1.